The molecule has 0 spiro atoms. The Kier molecular flexibility index (Phi) is 36.9. The van der Waals surface area contributed by atoms with Gasteiger partial charge in [0.25, 0.3) is 0 Å². The third kappa shape index (κ3) is 36.5. The molecular weight excluding hydrogens is 625 g/mol. The number of ether oxygens (including phenoxy) is 2. The lowest BCUT2D eigenvalue weighted by atomic mass is 10.1. The maximum atomic E-state index is 12.5. The zero-order valence-electron chi connectivity index (χ0n) is 31.5. The summed E-state index contributed by atoms with van der Waals surface area (Å²) in [5, 5.41) is 0. The Morgan fingerprint density at radius 2 is 1.04 bits per heavy atom. The summed E-state index contributed by atoms with van der Waals surface area (Å²) in [7, 11) is -4.26. The van der Waals surface area contributed by atoms with Crippen molar-refractivity contribution in [1.82, 2.24) is 0 Å². The van der Waals surface area contributed by atoms with Crippen LogP contribution in [0.25, 0.3) is 0 Å². The van der Waals surface area contributed by atoms with Gasteiger partial charge < -0.3 is 20.1 Å². The standard InChI is InChI=1S/C39H78NO7P/c1-3-5-7-9-11-13-15-16-17-18-19-20-21-22-23-25-27-29-31-34-44-36-38(37-46-48(42,43)45-35-33-40)47-39(41)32-30-28-26-24-14-12-10-8-6-4-2/h17-18,38H,3-16,19-37,40H2,1-2H3,(H,42,43)/b18-17-. The van der Waals surface area contributed by atoms with Gasteiger partial charge in [-0.15, -0.1) is 0 Å². The van der Waals surface area contributed by atoms with Crippen molar-refractivity contribution in [3.8, 4) is 0 Å². The van der Waals surface area contributed by atoms with Crippen LogP contribution in [-0.4, -0.2) is 49.9 Å². The van der Waals surface area contributed by atoms with Crippen molar-refractivity contribution in [2.75, 3.05) is 33.0 Å². The molecule has 48 heavy (non-hydrogen) atoms. The van der Waals surface area contributed by atoms with Crippen molar-refractivity contribution >= 4 is 13.8 Å². The Balaban J connectivity index is 3.98. The third-order valence-electron chi connectivity index (χ3n) is 8.68. The molecule has 9 heteroatoms. The van der Waals surface area contributed by atoms with Crippen LogP contribution in [0, 0.1) is 0 Å². The summed E-state index contributed by atoms with van der Waals surface area (Å²) in [5.74, 6) is -0.332. The summed E-state index contributed by atoms with van der Waals surface area (Å²) in [6.07, 6.45) is 38.0. The average molecular weight is 704 g/mol. The van der Waals surface area contributed by atoms with Crippen molar-refractivity contribution in [2.24, 2.45) is 5.73 Å². The van der Waals surface area contributed by atoms with E-state index in [1.165, 1.54) is 141 Å². The number of carbonyl (C=O) groups is 1. The first kappa shape index (κ1) is 47.2. The SMILES string of the molecule is CCCCCCCCC/C=C\CCCCCCCCCCOCC(COP(=O)(O)OCCN)OC(=O)CCCCCCCCCCCC. The number of phosphoric acid groups is 1. The van der Waals surface area contributed by atoms with E-state index in [2.05, 4.69) is 26.0 Å². The van der Waals surface area contributed by atoms with Crippen LogP contribution in [0.5, 0.6) is 0 Å². The van der Waals surface area contributed by atoms with Gasteiger partial charge in [-0.05, 0) is 38.5 Å². The molecule has 0 amide bonds. The van der Waals surface area contributed by atoms with Crippen LogP contribution < -0.4 is 5.73 Å². The quantitative estimate of drug-likeness (QED) is 0.0281. The third-order valence-corrected chi connectivity index (χ3v) is 9.67. The van der Waals surface area contributed by atoms with E-state index < -0.39 is 13.9 Å². The number of rotatable bonds is 39. The predicted octanol–water partition coefficient (Wildman–Crippen LogP) is 11.5. The molecule has 0 saturated carbocycles. The number of esters is 1. The Morgan fingerprint density at radius 1 is 0.604 bits per heavy atom. The number of hydrogen-bond donors (Lipinski definition) is 2. The minimum absolute atomic E-state index is 0.0930. The Morgan fingerprint density at radius 3 is 1.52 bits per heavy atom. The van der Waals surface area contributed by atoms with E-state index in [1.807, 2.05) is 0 Å². The predicted molar refractivity (Wildman–Crippen MR) is 201 cm³/mol. The number of carbonyl (C=O) groups excluding carboxylic acids is 1. The van der Waals surface area contributed by atoms with Gasteiger partial charge in [-0.1, -0.05) is 161 Å². The van der Waals surface area contributed by atoms with Crippen molar-refractivity contribution in [3.63, 3.8) is 0 Å². The molecule has 8 nitrogen and oxygen atoms in total. The molecule has 0 bridgehead atoms. The largest absolute Gasteiger partial charge is 0.472 e. The number of hydrogen-bond acceptors (Lipinski definition) is 7. The molecule has 2 atom stereocenters. The lowest BCUT2D eigenvalue weighted by Crippen LogP contribution is -2.28. The van der Waals surface area contributed by atoms with Gasteiger partial charge >= 0.3 is 13.8 Å². The van der Waals surface area contributed by atoms with Gasteiger partial charge in [0.05, 0.1) is 19.8 Å². The molecule has 0 aromatic rings. The molecule has 0 radical (unpaired) electrons. The second-order valence-electron chi connectivity index (χ2n) is 13.5. The van der Waals surface area contributed by atoms with Crippen LogP contribution in [0.15, 0.2) is 12.2 Å². The van der Waals surface area contributed by atoms with Crippen LogP contribution in [0.4, 0.5) is 0 Å². The van der Waals surface area contributed by atoms with Crippen molar-refractivity contribution in [2.45, 2.75) is 200 Å². The highest BCUT2D eigenvalue weighted by Crippen LogP contribution is 2.43. The van der Waals surface area contributed by atoms with Gasteiger partial charge in [0, 0.05) is 19.6 Å². The molecule has 0 rings (SSSR count). The smallest absolute Gasteiger partial charge is 0.457 e. The Labute approximate surface area is 296 Å². The van der Waals surface area contributed by atoms with E-state index in [9.17, 15) is 14.3 Å². The second kappa shape index (κ2) is 37.5. The van der Waals surface area contributed by atoms with Gasteiger partial charge in [-0.3, -0.25) is 13.8 Å². The molecule has 0 fully saturated rings. The lowest BCUT2D eigenvalue weighted by molar-refractivity contribution is -0.154. The highest BCUT2D eigenvalue weighted by Gasteiger charge is 2.25. The minimum atomic E-state index is -4.26. The molecule has 0 aliphatic heterocycles. The van der Waals surface area contributed by atoms with Gasteiger partial charge in [-0.2, -0.15) is 0 Å². The fourth-order valence-corrected chi connectivity index (χ4v) is 6.46. The molecule has 2 unspecified atom stereocenters. The summed E-state index contributed by atoms with van der Waals surface area (Å²) >= 11 is 0. The van der Waals surface area contributed by atoms with Crippen molar-refractivity contribution in [3.05, 3.63) is 12.2 Å². The minimum Gasteiger partial charge on any atom is -0.457 e. The number of unbranched alkanes of at least 4 members (excludes halogenated alkanes) is 24. The summed E-state index contributed by atoms with van der Waals surface area (Å²) in [6.45, 7) is 4.92. The van der Waals surface area contributed by atoms with Crippen LogP contribution in [0.3, 0.4) is 0 Å². The first-order chi connectivity index (χ1) is 23.4. The average Bonchev–Trinajstić information content (AvgIpc) is 3.07. The van der Waals surface area contributed by atoms with Crippen LogP contribution in [0.1, 0.15) is 194 Å². The van der Waals surface area contributed by atoms with Crippen molar-refractivity contribution < 1.29 is 32.8 Å². The van der Waals surface area contributed by atoms with E-state index in [1.54, 1.807) is 0 Å². The number of allylic oxidation sites excluding steroid dienone is 2. The van der Waals surface area contributed by atoms with Gasteiger partial charge in [0.15, 0.2) is 0 Å². The van der Waals surface area contributed by atoms with Crippen LogP contribution >= 0.6 is 7.82 Å². The summed E-state index contributed by atoms with van der Waals surface area (Å²) in [4.78, 5) is 22.3. The summed E-state index contributed by atoms with van der Waals surface area (Å²) in [5.41, 5.74) is 5.35. The molecule has 3 N–H and O–H groups in total. The van der Waals surface area contributed by atoms with Crippen LogP contribution in [0.2, 0.25) is 0 Å². The zero-order chi connectivity index (χ0) is 35.2. The maximum absolute atomic E-state index is 12.5. The molecule has 0 aromatic carbocycles. The molecular formula is C39H78NO7P. The van der Waals surface area contributed by atoms with Crippen molar-refractivity contribution in [1.29, 1.82) is 0 Å². The highest BCUT2D eigenvalue weighted by atomic mass is 31.2. The first-order valence-electron chi connectivity index (χ1n) is 20.2. The zero-order valence-corrected chi connectivity index (χ0v) is 32.4. The molecule has 0 aliphatic rings. The molecule has 0 saturated heterocycles. The monoisotopic (exact) mass is 704 g/mol. The number of phosphoric ester groups is 1. The first-order valence-corrected chi connectivity index (χ1v) is 21.7. The topological polar surface area (TPSA) is 117 Å². The lowest BCUT2D eigenvalue weighted by Gasteiger charge is -2.20. The molecule has 286 valence electrons. The van der Waals surface area contributed by atoms with E-state index >= 15 is 0 Å². The maximum Gasteiger partial charge on any atom is 0.472 e. The Bertz CT molecular complexity index is 752. The van der Waals surface area contributed by atoms with E-state index in [4.69, 9.17) is 24.3 Å². The Hall–Kier alpha value is -0.760. The van der Waals surface area contributed by atoms with E-state index in [-0.39, 0.29) is 32.3 Å². The second-order valence-corrected chi connectivity index (χ2v) is 15.0. The van der Waals surface area contributed by atoms with Gasteiger partial charge in [0.1, 0.15) is 6.10 Å². The summed E-state index contributed by atoms with van der Waals surface area (Å²) < 4.78 is 33.3. The fourth-order valence-electron chi connectivity index (χ4n) is 5.70. The highest BCUT2D eigenvalue weighted by molar-refractivity contribution is 7.47. The van der Waals surface area contributed by atoms with E-state index in [0.29, 0.717) is 13.0 Å². The van der Waals surface area contributed by atoms with Gasteiger partial charge in [-0.25, -0.2) is 4.57 Å². The van der Waals surface area contributed by atoms with E-state index in [0.717, 1.165) is 32.1 Å². The van der Waals surface area contributed by atoms with Gasteiger partial charge in [0.2, 0.25) is 0 Å². The number of nitrogens with two attached hydrogens (primary N) is 1. The molecule has 0 aliphatic carbocycles. The molecule has 0 heterocycles. The fraction of sp³-hybridized carbons (Fsp3) is 0.923. The molecule has 0 aromatic heterocycles. The van der Waals surface area contributed by atoms with Crippen LogP contribution in [-0.2, 0) is 27.9 Å². The normalized spacial score (nSPS) is 13.7. The summed E-state index contributed by atoms with van der Waals surface area (Å²) in [6, 6.07) is 0.